The summed E-state index contributed by atoms with van der Waals surface area (Å²) in [5, 5.41) is 4.88. The van der Waals surface area contributed by atoms with Crippen LogP contribution in [0.5, 0.6) is 0 Å². The van der Waals surface area contributed by atoms with E-state index in [4.69, 9.17) is 9.47 Å². The number of carbonyl (C=O) groups excluding carboxylic acids is 5. The topological polar surface area (TPSA) is 195 Å². The van der Waals surface area contributed by atoms with Crippen molar-refractivity contribution in [2.75, 3.05) is 13.2 Å². The van der Waals surface area contributed by atoms with Gasteiger partial charge >= 0.3 is 12.1 Å². The number of alkyl carbamates (subject to hydrolysis) is 1. The molecule has 53 heavy (non-hydrogen) atoms. The molecule has 3 fully saturated rings. The first-order valence-corrected chi connectivity index (χ1v) is 19.9. The highest BCUT2D eigenvalue weighted by Crippen LogP contribution is 2.47. The molecule has 15 nitrogen and oxygen atoms in total. The maximum absolute atomic E-state index is 14.5. The van der Waals surface area contributed by atoms with E-state index in [1.54, 1.807) is 37.6 Å². The van der Waals surface area contributed by atoms with Gasteiger partial charge in [0.2, 0.25) is 21.8 Å². The van der Waals surface area contributed by atoms with E-state index in [0.29, 0.717) is 37.8 Å². The summed E-state index contributed by atoms with van der Waals surface area (Å²) < 4.78 is 40.8. The van der Waals surface area contributed by atoms with Crippen LogP contribution < -0.4 is 15.4 Å². The third kappa shape index (κ3) is 8.21. The van der Waals surface area contributed by atoms with E-state index < -0.39 is 79.6 Å². The monoisotopic (exact) mass is 754 g/mol. The second-order valence-electron chi connectivity index (χ2n) is 16.7. The maximum atomic E-state index is 14.5. The first-order chi connectivity index (χ1) is 24.8. The molecule has 0 unspecified atom stereocenters. The van der Waals surface area contributed by atoms with Gasteiger partial charge in [-0.15, -0.1) is 0 Å². The first-order valence-electron chi connectivity index (χ1n) is 18.3. The molecule has 4 amide bonds. The number of sulfonamides is 1. The normalized spacial score (nSPS) is 28.8. The van der Waals surface area contributed by atoms with E-state index in [1.807, 2.05) is 45.1 Å². The Bertz CT molecular complexity index is 1950. The third-order valence-corrected chi connectivity index (χ3v) is 12.5. The van der Waals surface area contributed by atoms with Crippen LogP contribution in [0, 0.1) is 16.7 Å². The number of allylic oxidation sites excluding steroid dienone is 1. The van der Waals surface area contributed by atoms with E-state index in [-0.39, 0.29) is 37.6 Å². The average molecular weight is 755 g/mol. The predicted molar refractivity (Wildman–Crippen MR) is 194 cm³/mol. The van der Waals surface area contributed by atoms with Crippen molar-refractivity contribution in [3.63, 3.8) is 0 Å². The van der Waals surface area contributed by atoms with Crippen molar-refractivity contribution in [3.8, 4) is 0 Å². The van der Waals surface area contributed by atoms with Crippen molar-refractivity contribution in [3.05, 3.63) is 41.9 Å². The Morgan fingerprint density at radius 3 is 2.55 bits per heavy atom. The number of imidazole rings is 1. The number of hydrogen-bond acceptors (Lipinski definition) is 10. The van der Waals surface area contributed by atoms with Crippen molar-refractivity contribution in [1.29, 1.82) is 0 Å². The van der Waals surface area contributed by atoms with Crippen LogP contribution in [-0.4, -0.2) is 94.6 Å². The fraction of sp³-hybridized carbons (Fsp3) is 0.622. The highest BCUT2D eigenvalue weighted by atomic mass is 32.2. The van der Waals surface area contributed by atoms with E-state index >= 15 is 0 Å². The lowest BCUT2D eigenvalue weighted by atomic mass is 9.85. The molecule has 6 rings (SSSR count). The van der Waals surface area contributed by atoms with Crippen molar-refractivity contribution in [2.24, 2.45) is 16.7 Å². The summed E-state index contributed by atoms with van der Waals surface area (Å²) in [6.45, 7) is 11.0. The molecule has 0 spiro atoms. The number of carbonyl (C=O) groups is 5. The SMILES string of the molecule is CC[C@@H]1C[C@]1(NC(=O)[C@@H]1C[C@@H]2CN1C(=O)[C@H](C(C)(C)C)NC(=O)OCC(C)(C)CC/C=C/c1cccn3cc(nc13)C(=O)O2)C(=O)NS(=O)(=O)C1CC1. The Balaban J connectivity index is 1.32. The van der Waals surface area contributed by atoms with Gasteiger partial charge in [0.15, 0.2) is 5.69 Å². The van der Waals surface area contributed by atoms with Crippen LogP contribution in [0.25, 0.3) is 11.7 Å². The molecule has 16 heteroatoms. The second kappa shape index (κ2) is 14.1. The molecule has 2 aromatic rings. The molecule has 2 aliphatic carbocycles. The lowest BCUT2D eigenvalue weighted by Gasteiger charge is -2.35. The first kappa shape index (κ1) is 38.3. The zero-order valence-electron chi connectivity index (χ0n) is 31.1. The van der Waals surface area contributed by atoms with Crippen molar-refractivity contribution < 1.29 is 41.9 Å². The standard InChI is InChI=1S/C37H50N6O9S/c1-7-23-18-37(23,33(47)41-53(49,50)25-13-14-25)40-30(44)27-17-24-19-43(27)31(45)28(35(2,3)4)39-34(48)51-21-36(5,6)15-9-8-11-22-12-10-16-42-20-26(32(46)52-24)38-29(22)42/h8,10-12,16,20,23-25,27-28H,7,9,13-15,17-19,21H2,1-6H3,(H,39,48)(H,40,44)(H,41,47)/b11-8+/t23-,24-,27+,28-,37-/m1/s1. The average Bonchev–Trinajstić information content (AvgIpc) is 3.97. The Morgan fingerprint density at radius 2 is 1.89 bits per heavy atom. The number of ether oxygens (including phenoxy) is 2. The quantitative estimate of drug-likeness (QED) is 0.369. The van der Waals surface area contributed by atoms with Gasteiger partial charge in [-0.2, -0.15) is 0 Å². The largest absolute Gasteiger partial charge is 0.456 e. The number of aromatic nitrogens is 2. The number of fused-ring (bicyclic) bond motifs is 3. The van der Waals surface area contributed by atoms with Gasteiger partial charge in [-0.05, 0) is 61.0 Å². The number of rotatable bonds is 6. The second-order valence-corrected chi connectivity index (χ2v) is 18.6. The van der Waals surface area contributed by atoms with Gasteiger partial charge in [0.1, 0.15) is 29.4 Å². The van der Waals surface area contributed by atoms with Crippen LogP contribution in [-0.2, 0) is 33.9 Å². The van der Waals surface area contributed by atoms with Crippen LogP contribution in [0.1, 0.15) is 103 Å². The number of nitrogens with one attached hydrogen (secondary N) is 3. The summed E-state index contributed by atoms with van der Waals surface area (Å²) in [5.41, 5.74) is -1.36. The molecule has 2 saturated carbocycles. The van der Waals surface area contributed by atoms with Crippen LogP contribution in [0.4, 0.5) is 4.79 Å². The summed E-state index contributed by atoms with van der Waals surface area (Å²) in [5.74, 6) is -3.20. The molecule has 5 atom stereocenters. The molecule has 3 N–H and O–H groups in total. The minimum Gasteiger partial charge on any atom is -0.456 e. The van der Waals surface area contributed by atoms with Crippen LogP contribution in [0.15, 0.2) is 30.6 Å². The Hall–Kier alpha value is -4.47. The number of nitrogens with zero attached hydrogens (tertiary/aromatic N) is 3. The van der Waals surface area contributed by atoms with Crippen molar-refractivity contribution in [1.82, 2.24) is 29.6 Å². The molecule has 2 aliphatic heterocycles. The lowest BCUT2D eigenvalue weighted by molar-refractivity contribution is -0.143. The van der Waals surface area contributed by atoms with Gasteiger partial charge in [-0.25, -0.2) is 23.0 Å². The van der Waals surface area contributed by atoms with Crippen LogP contribution in [0.3, 0.4) is 0 Å². The molecule has 0 radical (unpaired) electrons. The van der Waals surface area contributed by atoms with Crippen molar-refractivity contribution >= 4 is 51.5 Å². The van der Waals surface area contributed by atoms with Gasteiger partial charge < -0.3 is 29.4 Å². The molecular formula is C37H50N6O9S. The predicted octanol–water partition coefficient (Wildman–Crippen LogP) is 3.33. The fourth-order valence-electron chi connectivity index (χ4n) is 7.14. The molecule has 288 valence electrons. The van der Waals surface area contributed by atoms with Crippen LogP contribution in [0.2, 0.25) is 0 Å². The zero-order chi connectivity index (χ0) is 38.5. The molecule has 2 aromatic heterocycles. The van der Waals surface area contributed by atoms with Gasteiger partial charge in [0.05, 0.1) is 18.4 Å². The molecule has 0 aromatic carbocycles. The Labute approximate surface area is 309 Å². The fourth-order valence-corrected chi connectivity index (χ4v) is 8.50. The summed E-state index contributed by atoms with van der Waals surface area (Å²) in [4.78, 5) is 74.8. The lowest BCUT2D eigenvalue weighted by Crippen LogP contribution is -2.60. The number of esters is 1. The van der Waals surface area contributed by atoms with Gasteiger partial charge in [0, 0.05) is 24.4 Å². The zero-order valence-corrected chi connectivity index (χ0v) is 32.0. The third-order valence-electron chi connectivity index (χ3n) is 10.6. The Kier molecular flexibility index (Phi) is 10.2. The van der Waals surface area contributed by atoms with Gasteiger partial charge in [-0.3, -0.25) is 19.1 Å². The van der Waals surface area contributed by atoms with Crippen molar-refractivity contribution in [2.45, 2.75) is 115 Å². The summed E-state index contributed by atoms with van der Waals surface area (Å²) in [7, 11) is -3.89. The van der Waals surface area contributed by atoms with Gasteiger partial charge in [-0.1, -0.05) is 60.1 Å². The summed E-state index contributed by atoms with van der Waals surface area (Å²) >= 11 is 0. The Morgan fingerprint density at radius 1 is 1.15 bits per heavy atom. The molecule has 4 bridgehead atoms. The van der Waals surface area contributed by atoms with E-state index in [2.05, 4.69) is 20.3 Å². The van der Waals surface area contributed by atoms with E-state index in [9.17, 15) is 32.4 Å². The highest BCUT2D eigenvalue weighted by Gasteiger charge is 2.62. The van der Waals surface area contributed by atoms with Gasteiger partial charge in [0.25, 0.3) is 5.91 Å². The minimum atomic E-state index is -3.89. The maximum Gasteiger partial charge on any atom is 0.407 e. The number of amides is 4. The summed E-state index contributed by atoms with van der Waals surface area (Å²) in [6, 6.07) is 1.34. The molecule has 4 heterocycles. The minimum absolute atomic E-state index is 0.0420. The van der Waals surface area contributed by atoms with Crippen LogP contribution >= 0.6 is 0 Å². The number of hydrogen-bond donors (Lipinski definition) is 3. The van der Waals surface area contributed by atoms with E-state index in [0.717, 1.165) is 5.56 Å². The molecular weight excluding hydrogens is 705 g/mol. The van der Waals surface area contributed by atoms with E-state index in [1.165, 1.54) is 4.90 Å². The number of pyridine rings is 1. The smallest absolute Gasteiger partial charge is 0.407 e. The number of cyclic esters (lactones) is 1. The summed E-state index contributed by atoms with van der Waals surface area (Å²) in [6.07, 6.45) is 8.38. The highest BCUT2D eigenvalue weighted by molar-refractivity contribution is 7.91. The molecule has 1 saturated heterocycles. The molecule has 4 aliphatic rings.